The summed E-state index contributed by atoms with van der Waals surface area (Å²) in [6.45, 7) is 2.89. The Hall–Kier alpha value is -2.18. The number of hydrogen-bond acceptors (Lipinski definition) is 5. The first kappa shape index (κ1) is 13.8. The zero-order valence-corrected chi connectivity index (χ0v) is 12.3. The van der Waals surface area contributed by atoms with Crippen molar-refractivity contribution in [3.8, 4) is 11.3 Å². The summed E-state index contributed by atoms with van der Waals surface area (Å²) < 4.78 is 8.59. The van der Waals surface area contributed by atoms with Crippen molar-refractivity contribution < 1.29 is 9.53 Å². The molecule has 7 heteroatoms. The van der Waals surface area contributed by atoms with Crippen molar-refractivity contribution in [3.05, 3.63) is 18.1 Å². The number of carbonyl (C=O) groups is 1. The molecule has 21 heavy (non-hydrogen) atoms. The van der Waals surface area contributed by atoms with Crippen LogP contribution in [0.2, 0.25) is 0 Å². The summed E-state index contributed by atoms with van der Waals surface area (Å²) in [7, 11) is 1.84. The Morgan fingerprint density at radius 3 is 2.86 bits per heavy atom. The second-order valence-electron chi connectivity index (χ2n) is 5.39. The number of nitrogens with zero attached hydrogens (tertiary/aromatic N) is 5. The van der Waals surface area contributed by atoms with Crippen LogP contribution in [-0.2, 0) is 18.3 Å². The third kappa shape index (κ3) is 2.68. The first-order chi connectivity index (χ1) is 10.2. The Bertz CT molecular complexity index is 642. The van der Waals surface area contributed by atoms with Crippen molar-refractivity contribution in [2.45, 2.75) is 32.7 Å². The monoisotopic (exact) mass is 289 g/mol. The third-order valence-electron chi connectivity index (χ3n) is 3.84. The average Bonchev–Trinajstić information content (AvgIpc) is 3.00. The predicted octanol–water partition coefficient (Wildman–Crippen LogP) is 1.66. The Labute approximate surface area is 122 Å². The Morgan fingerprint density at radius 2 is 2.29 bits per heavy atom. The smallest absolute Gasteiger partial charge is 0.361 e. The van der Waals surface area contributed by atoms with E-state index in [1.165, 1.54) is 19.3 Å². The lowest BCUT2D eigenvalue weighted by atomic mass is 9.85. The summed E-state index contributed by atoms with van der Waals surface area (Å²) in [5, 5.41) is 12.4. The van der Waals surface area contributed by atoms with E-state index in [1.54, 1.807) is 17.8 Å². The Balaban J connectivity index is 1.97. The van der Waals surface area contributed by atoms with Crippen molar-refractivity contribution in [1.29, 1.82) is 0 Å². The first-order valence-corrected chi connectivity index (χ1v) is 7.28. The minimum Gasteiger partial charge on any atom is -0.461 e. The van der Waals surface area contributed by atoms with Gasteiger partial charge in [0.25, 0.3) is 0 Å². The molecule has 0 saturated heterocycles. The third-order valence-corrected chi connectivity index (χ3v) is 3.84. The second kappa shape index (κ2) is 5.67. The maximum absolute atomic E-state index is 12.1. The fourth-order valence-corrected chi connectivity index (χ4v) is 2.53. The summed E-state index contributed by atoms with van der Waals surface area (Å²) >= 11 is 0. The number of hydrogen-bond donors (Lipinski definition) is 0. The van der Waals surface area contributed by atoms with Crippen molar-refractivity contribution in [3.63, 3.8) is 0 Å². The van der Waals surface area contributed by atoms with Gasteiger partial charge in [-0.15, -0.1) is 5.10 Å². The molecule has 0 radical (unpaired) electrons. The van der Waals surface area contributed by atoms with Crippen molar-refractivity contribution >= 4 is 5.97 Å². The molecule has 0 aliphatic heterocycles. The second-order valence-corrected chi connectivity index (χ2v) is 5.39. The van der Waals surface area contributed by atoms with Gasteiger partial charge in [-0.05, 0) is 25.7 Å². The number of esters is 1. The highest BCUT2D eigenvalue weighted by molar-refractivity contribution is 5.93. The minimum absolute atomic E-state index is 0.268. The molecule has 3 rings (SSSR count). The van der Waals surface area contributed by atoms with Crippen LogP contribution in [0.4, 0.5) is 0 Å². The Morgan fingerprint density at radius 1 is 1.48 bits per heavy atom. The van der Waals surface area contributed by atoms with Gasteiger partial charge >= 0.3 is 5.97 Å². The number of ether oxygens (including phenoxy) is 1. The number of carbonyl (C=O) groups excluding carboxylic acids is 1. The number of aryl methyl sites for hydroxylation is 1. The predicted molar refractivity (Wildman–Crippen MR) is 75.5 cm³/mol. The SMILES string of the molecule is CCOC(=O)c1nnn(CC2CCC2)c1-c1cnn(C)c1. The lowest BCUT2D eigenvalue weighted by Crippen LogP contribution is -2.19. The lowest BCUT2D eigenvalue weighted by Gasteiger charge is -2.25. The molecular formula is C14H19N5O2. The van der Waals surface area contributed by atoms with Crippen LogP contribution in [0.1, 0.15) is 36.7 Å². The summed E-state index contributed by atoms with van der Waals surface area (Å²) in [4.78, 5) is 12.1. The van der Waals surface area contributed by atoms with Gasteiger partial charge in [-0.1, -0.05) is 11.6 Å². The maximum Gasteiger partial charge on any atom is 0.361 e. The largest absolute Gasteiger partial charge is 0.461 e. The molecule has 0 spiro atoms. The molecule has 1 aliphatic carbocycles. The van der Waals surface area contributed by atoms with Gasteiger partial charge in [-0.2, -0.15) is 5.10 Å². The summed E-state index contributed by atoms with van der Waals surface area (Å²) in [6, 6.07) is 0. The zero-order valence-electron chi connectivity index (χ0n) is 12.3. The summed E-state index contributed by atoms with van der Waals surface area (Å²) in [6.07, 6.45) is 7.27. The van der Waals surface area contributed by atoms with E-state index in [9.17, 15) is 4.79 Å². The number of rotatable bonds is 5. The van der Waals surface area contributed by atoms with Crippen LogP contribution < -0.4 is 0 Å². The van der Waals surface area contributed by atoms with Gasteiger partial charge in [-0.3, -0.25) is 4.68 Å². The standard InChI is InChI=1S/C14H19N5O2/c1-3-21-14(20)12-13(11-7-15-18(2)9-11)19(17-16-12)8-10-5-4-6-10/h7,9-10H,3-6,8H2,1-2H3. The summed E-state index contributed by atoms with van der Waals surface area (Å²) in [5.41, 5.74) is 1.81. The summed E-state index contributed by atoms with van der Waals surface area (Å²) in [5.74, 6) is 0.188. The van der Waals surface area contributed by atoms with Gasteiger partial charge in [0, 0.05) is 25.4 Å². The van der Waals surface area contributed by atoms with Gasteiger partial charge in [0.1, 0.15) is 5.69 Å². The average molecular weight is 289 g/mol. The molecule has 1 saturated carbocycles. The molecule has 7 nitrogen and oxygen atoms in total. The highest BCUT2D eigenvalue weighted by atomic mass is 16.5. The van der Waals surface area contributed by atoms with E-state index in [-0.39, 0.29) is 5.69 Å². The highest BCUT2D eigenvalue weighted by Gasteiger charge is 2.26. The van der Waals surface area contributed by atoms with Gasteiger partial charge < -0.3 is 4.74 Å². The van der Waals surface area contributed by atoms with Crippen LogP contribution >= 0.6 is 0 Å². The molecule has 2 aromatic rings. The van der Waals surface area contributed by atoms with Gasteiger partial charge in [-0.25, -0.2) is 9.48 Å². The molecule has 0 bridgehead atoms. The maximum atomic E-state index is 12.1. The molecule has 1 fully saturated rings. The Kier molecular flexibility index (Phi) is 3.72. The van der Waals surface area contributed by atoms with E-state index in [0.29, 0.717) is 18.2 Å². The van der Waals surface area contributed by atoms with E-state index < -0.39 is 5.97 Å². The topological polar surface area (TPSA) is 74.8 Å². The normalized spacial score (nSPS) is 15.0. The molecule has 0 amide bonds. The van der Waals surface area contributed by atoms with Crippen LogP contribution in [0, 0.1) is 5.92 Å². The van der Waals surface area contributed by atoms with Crippen LogP contribution in [0.25, 0.3) is 11.3 Å². The molecule has 1 aliphatic rings. The molecule has 0 unspecified atom stereocenters. The zero-order chi connectivity index (χ0) is 14.8. The molecule has 0 atom stereocenters. The van der Waals surface area contributed by atoms with Crippen molar-refractivity contribution in [1.82, 2.24) is 24.8 Å². The van der Waals surface area contributed by atoms with E-state index in [0.717, 1.165) is 12.1 Å². The van der Waals surface area contributed by atoms with Gasteiger partial charge in [0.05, 0.1) is 12.8 Å². The van der Waals surface area contributed by atoms with Crippen molar-refractivity contribution in [2.24, 2.45) is 13.0 Å². The highest BCUT2D eigenvalue weighted by Crippen LogP contribution is 2.30. The van der Waals surface area contributed by atoms with Crippen LogP contribution in [0.5, 0.6) is 0 Å². The fraction of sp³-hybridized carbons (Fsp3) is 0.571. The van der Waals surface area contributed by atoms with E-state index >= 15 is 0 Å². The quantitative estimate of drug-likeness (QED) is 0.782. The molecule has 112 valence electrons. The number of aromatic nitrogens is 5. The van der Waals surface area contributed by atoms with Crippen LogP contribution in [0.15, 0.2) is 12.4 Å². The van der Waals surface area contributed by atoms with Crippen LogP contribution in [0.3, 0.4) is 0 Å². The molecular weight excluding hydrogens is 270 g/mol. The fourth-order valence-electron chi connectivity index (χ4n) is 2.53. The first-order valence-electron chi connectivity index (χ1n) is 7.28. The van der Waals surface area contributed by atoms with Crippen LogP contribution in [-0.4, -0.2) is 37.4 Å². The van der Waals surface area contributed by atoms with Gasteiger partial charge in [0.15, 0.2) is 5.69 Å². The molecule has 2 aromatic heterocycles. The van der Waals surface area contributed by atoms with E-state index in [2.05, 4.69) is 15.4 Å². The van der Waals surface area contributed by atoms with E-state index in [4.69, 9.17) is 4.74 Å². The lowest BCUT2D eigenvalue weighted by molar-refractivity contribution is 0.0520. The van der Waals surface area contributed by atoms with Gasteiger partial charge in [0.2, 0.25) is 0 Å². The van der Waals surface area contributed by atoms with E-state index in [1.807, 2.05) is 17.9 Å². The molecule has 0 aromatic carbocycles. The molecule has 0 N–H and O–H groups in total. The molecule has 2 heterocycles. The minimum atomic E-state index is -0.434. The van der Waals surface area contributed by atoms with Crippen molar-refractivity contribution in [2.75, 3.05) is 6.61 Å².